The summed E-state index contributed by atoms with van der Waals surface area (Å²) in [5, 5.41) is 110. The van der Waals surface area contributed by atoms with Gasteiger partial charge in [-0.2, -0.15) is 9.59 Å². The molecule has 0 saturated carbocycles. The Morgan fingerprint density at radius 2 is 1.40 bits per heavy atom. The first-order valence-electron chi connectivity index (χ1n) is 12.4. The lowest BCUT2D eigenvalue weighted by Gasteiger charge is -2.47. The van der Waals surface area contributed by atoms with Crippen molar-refractivity contribution >= 4 is 6.15 Å². The minimum absolute atomic E-state index is 0.169. The lowest BCUT2D eigenvalue weighted by atomic mass is 9.87. The van der Waals surface area contributed by atoms with Gasteiger partial charge in [0, 0.05) is 12.3 Å². The van der Waals surface area contributed by atoms with Gasteiger partial charge in [-0.25, -0.2) is 0 Å². The molecule has 0 radical (unpaired) electrons. The van der Waals surface area contributed by atoms with Gasteiger partial charge in [0.1, 0.15) is 61.0 Å². The lowest BCUT2D eigenvalue weighted by molar-refractivity contribution is -0.371. The fraction of sp³-hybridized carbons (Fsp3) is 0.955. The molecule has 0 aromatic heterocycles. The van der Waals surface area contributed by atoms with E-state index in [9.17, 15) is 51.1 Å². The van der Waals surface area contributed by atoms with Crippen molar-refractivity contribution in [2.24, 2.45) is 5.92 Å². The van der Waals surface area contributed by atoms with Gasteiger partial charge in [0.2, 0.25) is 0 Å². The first-order chi connectivity index (χ1) is 18.9. The molecule has 0 aliphatic carbocycles. The molecular weight excluding hydrogens is 552 g/mol. The zero-order chi connectivity index (χ0) is 30.3. The first kappa shape index (κ1) is 34.9. The van der Waals surface area contributed by atoms with Crippen LogP contribution in [-0.4, -0.2) is 174 Å². The Kier molecular flexibility index (Phi) is 13.8. The van der Waals surface area contributed by atoms with Crippen molar-refractivity contribution in [1.82, 2.24) is 0 Å². The maximum atomic E-state index is 10.9. The third-order valence-electron chi connectivity index (χ3n) is 7.05. The zero-order valence-electron chi connectivity index (χ0n) is 21.3. The van der Waals surface area contributed by atoms with Crippen LogP contribution in [-0.2, 0) is 33.3 Å². The SMILES string of the molecule is C[C@H]1C([C@H](O)[C@H](O)CO)O[C@H](O[C@@H]2C(O)[C@H](O[C@@H]3C(CO)OC(O)C(O)[C@H]3O)OC(CO)[C@@H]2O)C[C@H]1O.O=C=O. The van der Waals surface area contributed by atoms with Crippen molar-refractivity contribution in [3.8, 4) is 0 Å². The average Bonchev–Trinajstić information content (AvgIpc) is 2.93. The van der Waals surface area contributed by atoms with E-state index in [-0.39, 0.29) is 12.6 Å². The van der Waals surface area contributed by atoms with E-state index in [2.05, 4.69) is 0 Å². The topological polar surface area (TPSA) is 303 Å². The maximum absolute atomic E-state index is 10.9. The van der Waals surface area contributed by atoms with Crippen LogP contribution in [0.3, 0.4) is 0 Å². The summed E-state index contributed by atoms with van der Waals surface area (Å²) in [6.45, 7) is -0.753. The van der Waals surface area contributed by atoms with Gasteiger partial charge < -0.3 is 79.9 Å². The van der Waals surface area contributed by atoms with Gasteiger partial charge in [-0.3, -0.25) is 0 Å². The van der Waals surface area contributed by atoms with Crippen LogP contribution in [0.1, 0.15) is 13.3 Å². The third kappa shape index (κ3) is 7.97. The van der Waals surface area contributed by atoms with Crippen LogP contribution in [0.4, 0.5) is 0 Å². The van der Waals surface area contributed by atoms with Crippen molar-refractivity contribution in [3.05, 3.63) is 0 Å². The monoisotopic (exact) mass is 590 g/mol. The molecule has 0 bridgehead atoms. The number of ether oxygens (including phenoxy) is 5. The van der Waals surface area contributed by atoms with Crippen LogP contribution in [0.5, 0.6) is 0 Å². The normalized spacial score (nSPS) is 45.5. The molecule has 0 aromatic rings. The highest BCUT2D eigenvalue weighted by Crippen LogP contribution is 2.34. The summed E-state index contributed by atoms with van der Waals surface area (Å²) in [6, 6.07) is 0. The maximum Gasteiger partial charge on any atom is 0.373 e. The molecule has 0 aromatic carbocycles. The van der Waals surface area contributed by atoms with Crippen LogP contribution in [0.15, 0.2) is 0 Å². The Balaban J connectivity index is 0.00000178. The zero-order valence-corrected chi connectivity index (χ0v) is 21.3. The fourth-order valence-electron chi connectivity index (χ4n) is 4.68. The van der Waals surface area contributed by atoms with Crippen LogP contribution in [0.2, 0.25) is 0 Å². The second kappa shape index (κ2) is 15.8. The van der Waals surface area contributed by atoms with Crippen LogP contribution in [0.25, 0.3) is 0 Å². The molecule has 3 fully saturated rings. The quantitative estimate of drug-likeness (QED) is 0.119. The molecule has 3 heterocycles. The summed E-state index contributed by atoms with van der Waals surface area (Å²) in [7, 11) is 0. The minimum Gasteiger partial charge on any atom is -0.394 e. The highest BCUT2D eigenvalue weighted by atomic mass is 16.7. The third-order valence-corrected chi connectivity index (χ3v) is 7.05. The second-order valence-electron chi connectivity index (χ2n) is 9.65. The van der Waals surface area contributed by atoms with E-state index in [4.69, 9.17) is 38.4 Å². The molecule has 6 unspecified atom stereocenters. The molecule has 3 aliphatic rings. The molecule has 40 heavy (non-hydrogen) atoms. The fourth-order valence-corrected chi connectivity index (χ4v) is 4.68. The number of rotatable bonds is 9. The minimum atomic E-state index is -1.82. The highest BCUT2D eigenvalue weighted by Gasteiger charge is 2.52. The predicted molar refractivity (Wildman–Crippen MR) is 120 cm³/mol. The Hall–Kier alpha value is -1.26. The van der Waals surface area contributed by atoms with Crippen molar-refractivity contribution in [2.45, 2.75) is 105 Å². The van der Waals surface area contributed by atoms with E-state index in [1.165, 1.54) is 0 Å². The smallest absolute Gasteiger partial charge is 0.373 e. The summed E-state index contributed by atoms with van der Waals surface area (Å²) < 4.78 is 27.3. The Morgan fingerprint density at radius 1 is 0.800 bits per heavy atom. The van der Waals surface area contributed by atoms with Crippen LogP contribution >= 0.6 is 0 Å². The van der Waals surface area contributed by atoms with Gasteiger partial charge in [-0.05, 0) is 0 Å². The van der Waals surface area contributed by atoms with Crippen LogP contribution in [0, 0.1) is 5.92 Å². The van der Waals surface area contributed by atoms with E-state index in [1.807, 2.05) is 0 Å². The molecular formula is C22H38O18. The van der Waals surface area contributed by atoms with Gasteiger partial charge in [0.15, 0.2) is 18.9 Å². The van der Waals surface area contributed by atoms with Gasteiger partial charge in [-0.1, -0.05) is 6.92 Å². The predicted octanol–water partition coefficient (Wildman–Crippen LogP) is -7.13. The molecule has 18 nitrogen and oxygen atoms in total. The summed E-state index contributed by atoms with van der Waals surface area (Å²) in [4.78, 5) is 16.2. The summed E-state index contributed by atoms with van der Waals surface area (Å²) in [5.74, 6) is -0.688. The summed E-state index contributed by atoms with van der Waals surface area (Å²) >= 11 is 0. The van der Waals surface area contributed by atoms with E-state index < -0.39 is 118 Å². The van der Waals surface area contributed by atoms with Crippen molar-refractivity contribution < 1.29 is 89.4 Å². The van der Waals surface area contributed by atoms with E-state index >= 15 is 0 Å². The molecule has 18 heteroatoms. The molecule has 3 aliphatic heterocycles. The Morgan fingerprint density at radius 3 is 1.95 bits per heavy atom. The number of aliphatic hydroxyl groups excluding tert-OH is 11. The molecule has 234 valence electrons. The number of aliphatic hydroxyl groups is 11. The molecule has 0 spiro atoms. The number of carbonyl (C=O) groups excluding carboxylic acids is 2. The first-order valence-corrected chi connectivity index (χ1v) is 12.4. The Bertz CT molecular complexity index is 781. The molecule has 16 atom stereocenters. The van der Waals surface area contributed by atoms with E-state index in [1.54, 1.807) is 6.92 Å². The number of hydrogen-bond acceptors (Lipinski definition) is 18. The molecule has 11 N–H and O–H groups in total. The highest BCUT2D eigenvalue weighted by molar-refractivity contribution is 5.20. The standard InChI is InChI=1S/C21H38O16.CO2/c1-6-7(25)2-11(35-17(6)12(27)8(26)3-22)36-19-13(28)9(4-23)34-21(16(19)31)37-18-10(5-24)33-20(32)15(30)14(18)29;2-1-3/h6-32H,2-5H2,1H3;/t6-,7-,8-,9?,10?,11-,12-,13+,14-,15?,16?,17?,18-,19+,20?,21+;/m1./s1. The molecule has 3 saturated heterocycles. The molecule has 3 rings (SSSR count). The van der Waals surface area contributed by atoms with E-state index in [0.717, 1.165) is 0 Å². The molecule has 0 amide bonds. The van der Waals surface area contributed by atoms with Gasteiger partial charge >= 0.3 is 6.15 Å². The van der Waals surface area contributed by atoms with Crippen molar-refractivity contribution in [3.63, 3.8) is 0 Å². The van der Waals surface area contributed by atoms with Crippen molar-refractivity contribution in [1.29, 1.82) is 0 Å². The Labute approximate surface area is 227 Å². The summed E-state index contributed by atoms with van der Waals surface area (Å²) in [6.07, 6.45) is -23.2. The lowest BCUT2D eigenvalue weighted by Crippen LogP contribution is -2.65. The van der Waals surface area contributed by atoms with Crippen molar-refractivity contribution in [2.75, 3.05) is 19.8 Å². The van der Waals surface area contributed by atoms with Gasteiger partial charge in [0.05, 0.1) is 32.0 Å². The van der Waals surface area contributed by atoms with Crippen LogP contribution < -0.4 is 0 Å². The largest absolute Gasteiger partial charge is 0.394 e. The second-order valence-corrected chi connectivity index (χ2v) is 9.65. The number of hydrogen-bond donors (Lipinski definition) is 11. The van der Waals surface area contributed by atoms with Gasteiger partial charge in [-0.15, -0.1) is 0 Å². The average molecular weight is 591 g/mol. The van der Waals surface area contributed by atoms with E-state index in [0.29, 0.717) is 0 Å². The van der Waals surface area contributed by atoms with Gasteiger partial charge in [0.25, 0.3) is 0 Å². The summed E-state index contributed by atoms with van der Waals surface area (Å²) in [5.41, 5.74) is 0.